The molecule has 2 aromatic rings. The summed E-state index contributed by atoms with van der Waals surface area (Å²) in [4.78, 5) is 2.99. The van der Waals surface area contributed by atoms with Crippen molar-refractivity contribution in [1.29, 1.82) is 0 Å². The van der Waals surface area contributed by atoms with Crippen molar-refractivity contribution in [2.24, 2.45) is 0 Å². The van der Waals surface area contributed by atoms with Crippen LogP contribution in [0.15, 0.2) is 12.3 Å². The zero-order valence-corrected chi connectivity index (χ0v) is 17.8. The highest BCUT2D eigenvalue weighted by Crippen LogP contribution is 2.40. The van der Waals surface area contributed by atoms with Crippen LogP contribution in [0.2, 0.25) is 10.0 Å². The van der Waals surface area contributed by atoms with Gasteiger partial charge in [-0.1, -0.05) is 23.2 Å². The first-order valence-electron chi connectivity index (χ1n) is 8.84. The number of hydrogen-bond donors (Lipinski definition) is 2. The highest BCUT2D eigenvalue weighted by atomic mass is 35.5. The van der Waals surface area contributed by atoms with Crippen molar-refractivity contribution in [2.45, 2.75) is 13.0 Å². The first kappa shape index (κ1) is 21.6. The van der Waals surface area contributed by atoms with E-state index < -0.39 is 10.2 Å². The molecule has 0 radical (unpaired) electrons. The van der Waals surface area contributed by atoms with Gasteiger partial charge < -0.3 is 19.2 Å². The lowest BCUT2D eigenvalue weighted by atomic mass is 10.1. The summed E-state index contributed by atoms with van der Waals surface area (Å²) in [6.45, 7) is 3.02. The third kappa shape index (κ3) is 4.91. The van der Waals surface area contributed by atoms with Crippen LogP contribution < -0.4 is 4.72 Å². The number of hydrogen-bond acceptors (Lipinski definition) is 5. The lowest BCUT2D eigenvalue weighted by Crippen LogP contribution is -2.40. The molecule has 1 aromatic heterocycles. The number of benzene rings is 1. The molecule has 0 fully saturated rings. The molecular formula is C17H23Cl2N3O5S. The SMILES string of the molecule is COCCOCCOCCCN1Cc2cc(Cl)c3c(Cl)c[nH]c3c2NS1(=O)=O. The first-order chi connectivity index (χ1) is 13.4. The molecule has 11 heteroatoms. The Morgan fingerprint density at radius 3 is 2.57 bits per heavy atom. The van der Waals surface area contributed by atoms with Gasteiger partial charge >= 0.3 is 10.2 Å². The van der Waals surface area contributed by atoms with Gasteiger partial charge in [0, 0.05) is 38.4 Å². The number of nitrogens with zero attached hydrogens (tertiary/aromatic N) is 1. The quantitative estimate of drug-likeness (QED) is 0.541. The number of halogens is 2. The molecule has 0 aliphatic carbocycles. The van der Waals surface area contributed by atoms with Gasteiger partial charge in [0.2, 0.25) is 0 Å². The highest BCUT2D eigenvalue weighted by Gasteiger charge is 2.31. The predicted molar refractivity (Wildman–Crippen MR) is 109 cm³/mol. The van der Waals surface area contributed by atoms with Crippen LogP contribution in [0.5, 0.6) is 0 Å². The molecule has 1 aliphatic heterocycles. The number of nitrogens with one attached hydrogen (secondary N) is 2. The van der Waals surface area contributed by atoms with Crippen LogP contribution in [-0.2, 0) is 31.0 Å². The maximum absolute atomic E-state index is 12.6. The lowest BCUT2D eigenvalue weighted by molar-refractivity contribution is 0.0236. The Kier molecular flexibility index (Phi) is 7.43. The molecule has 0 atom stereocenters. The summed E-state index contributed by atoms with van der Waals surface area (Å²) in [6.07, 6.45) is 2.16. The van der Waals surface area contributed by atoms with Crippen molar-refractivity contribution >= 4 is 50.0 Å². The minimum atomic E-state index is -3.66. The van der Waals surface area contributed by atoms with Gasteiger partial charge in [-0.3, -0.25) is 4.72 Å². The molecule has 1 aliphatic rings. The van der Waals surface area contributed by atoms with E-state index in [0.717, 1.165) is 5.56 Å². The van der Waals surface area contributed by atoms with Gasteiger partial charge in [0.25, 0.3) is 0 Å². The molecule has 0 amide bonds. The van der Waals surface area contributed by atoms with Crippen molar-refractivity contribution in [3.05, 3.63) is 27.9 Å². The second kappa shape index (κ2) is 9.62. The number of ether oxygens (including phenoxy) is 3. The van der Waals surface area contributed by atoms with Crippen molar-refractivity contribution in [1.82, 2.24) is 9.29 Å². The van der Waals surface area contributed by atoms with Crippen molar-refractivity contribution in [2.75, 3.05) is 51.4 Å². The molecule has 2 heterocycles. The fraction of sp³-hybridized carbons (Fsp3) is 0.529. The summed E-state index contributed by atoms with van der Waals surface area (Å²) in [7, 11) is -2.04. The number of rotatable bonds is 10. The standard InChI is InChI=1S/C17H23Cl2N3O5S/c1-25-5-6-27-8-7-26-4-2-3-22-11-12-9-13(18)15-14(19)10-20-17(15)16(12)21-28(22,23)24/h9-10,20-21H,2-8,11H2,1H3. The Hall–Kier alpha value is -1.07. The van der Waals surface area contributed by atoms with Gasteiger partial charge in [-0.2, -0.15) is 12.7 Å². The summed E-state index contributed by atoms with van der Waals surface area (Å²) < 4.78 is 44.9. The molecule has 0 unspecified atom stereocenters. The summed E-state index contributed by atoms with van der Waals surface area (Å²) in [5.74, 6) is 0. The molecule has 8 nitrogen and oxygen atoms in total. The number of methoxy groups -OCH3 is 1. The molecule has 3 rings (SSSR count). The van der Waals surface area contributed by atoms with E-state index in [4.69, 9.17) is 37.4 Å². The van der Waals surface area contributed by atoms with Gasteiger partial charge in [-0.05, 0) is 18.1 Å². The molecule has 28 heavy (non-hydrogen) atoms. The normalized spacial score (nSPS) is 16.2. The zero-order valence-electron chi connectivity index (χ0n) is 15.5. The van der Waals surface area contributed by atoms with Crippen LogP contribution in [0.25, 0.3) is 10.9 Å². The van der Waals surface area contributed by atoms with E-state index >= 15 is 0 Å². The maximum atomic E-state index is 12.6. The number of fused-ring (bicyclic) bond motifs is 3. The van der Waals surface area contributed by atoms with Crippen LogP contribution in [0, 0.1) is 0 Å². The molecular weight excluding hydrogens is 429 g/mol. The molecule has 1 aromatic carbocycles. The Bertz CT molecular complexity index is 919. The zero-order chi connectivity index (χ0) is 20.1. The minimum Gasteiger partial charge on any atom is -0.382 e. The Morgan fingerprint density at radius 2 is 1.82 bits per heavy atom. The molecule has 0 bridgehead atoms. The van der Waals surface area contributed by atoms with Gasteiger partial charge in [0.05, 0.1) is 47.7 Å². The van der Waals surface area contributed by atoms with E-state index in [1.807, 2.05) is 0 Å². The van der Waals surface area contributed by atoms with E-state index in [9.17, 15) is 8.42 Å². The maximum Gasteiger partial charge on any atom is 0.302 e. The van der Waals surface area contributed by atoms with Gasteiger partial charge in [0.1, 0.15) is 0 Å². The van der Waals surface area contributed by atoms with E-state index in [2.05, 4.69) is 9.71 Å². The Balaban J connectivity index is 1.55. The minimum absolute atomic E-state index is 0.233. The monoisotopic (exact) mass is 451 g/mol. The number of aromatic nitrogens is 1. The van der Waals surface area contributed by atoms with E-state index in [1.165, 1.54) is 4.31 Å². The number of H-pyrrole nitrogens is 1. The fourth-order valence-electron chi connectivity index (χ4n) is 3.00. The fourth-order valence-corrected chi connectivity index (χ4v) is 4.93. The second-order valence-corrected chi connectivity index (χ2v) is 8.78. The number of anilines is 1. The largest absolute Gasteiger partial charge is 0.382 e. The summed E-state index contributed by atoms with van der Waals surface area (Å²) in [5, 5.41) is 1.55. The van der Waals surface area contributed by atoms with E-state index in [1.54, 1.807) is 19.4 Å². The van der Waals surface area contributed by atoms with Gasteiger partial charge in [-0.15, -0.1) is 0 Å². The molecule has 0 saturated carbocycles. The van der Waals surface area contributed by atoms with Crippen molar-refractivity contribution < 1.29 is 22.6 Å². The molecule has 0 saturated heterocycles. The van der Waals surface area contributed by atoms with Crippen LogP contribution in [-0.4, -0.2) is 64.4 Å². The van der Waals surface area contributed by atoms with Crippen molar-refractivity contribution in [3.8, 4) is 0 Å². The molecule has 2 N–H and O–H groups in total. The van der Waals surface area contributed by atoms with Gasteiger partial charge in [-0.25, -0.2) is 0 Å². The first-order valence-corrected chi connectivity index (χ1v) is 11.0. The molecule has 0 spiro atoms. The van der Waals surface area contributed by atoms with E-state index in [-0.39, 0.29) is 6.54 Å². The van der Waals surface area contributed by atoms with Crippen LogP contribution in [0.3, 0.4) is 0 Å². The van der Waals surface area contributed by atoms with E-state index in [0.29, 0.717) is 72.6 Å². The third-order valence-corrected chi connectivity index (χ3v) is 6.41. The average Bonchev–Trinajstić information content (AvgIpc) is 3.04. The number of aromatic amines is 1. The Labute approximate surface area is 174 Å². The molecule has 156 valence electrons. The summed E-state index contributed by atoms with van der Waals surface area (Å²) in [6, 6.07) is 1.75. The summed E-state index contributed by atoms with van der Waals surface area (Å²) in [5.41, 5.74) is 1.87. The highest BCUT2D eigenvalue weighted by molar-refractivity contribution is 7.90. The van der Waals surface area contributed by atoms with Crippen LogP contribution >= 0.6 is 23.2 Å². The smallest absolute Gasteiger partial charge is 0.302 e. The average molecular weight is 452 g/mol. The van der Waals surface area contributed by atoms with Gasteiger partial charge in [0.15, 0.2) is 0 Å². The third-order valence-electron chi connectivity index (χ3n) is 4.36. The van der Waals surface area contributed by atoms with Crippen LogP contribution in [0.4, 0.5) is 5.69 Å². The lowest BCUT2D eigenvalue weighted by Gasteiger charge is -2.29. The summed E-state index contributed by atoms with van der Waals surface area (Å²) >= 11 is 12.5. The van der Waals surface area contributed by atoms with Crippen molar-refractivity contribution in [3.63, 3.8) is 0 Å². The Morgan fingerprint density at radius 1 is 1.11 bits per heavy atom. The second-order valence-electron chi connectivity index (χ2n) is 6.29. The van der Waals surface area contributed by atoms with Crippen LogP contribution in [0.1, 0.15) is 12.0 Å². The predicted octanol–water partition coefficient (Wildman–Crippen LogP) is 3.02. The topological polar surface area (TPSA) is 92.9 Å².